The second-order valence-electron chi connectivity index (χ2n) is 2.88. The first-order chi connectivity index (χ1) is 6.77. The summed E-state index contributed by atoms with van der Waals surface area (Å²) in [6.45, 7) is 0. The molecule has 3 heteroatoms. The second-order valence-corrected chi connectivity index (χ2v) is 3.29. The van der Waals surface area contributed by atoms with E-state index in [1.807, 2.05) is 24.3 Å². The summed E-state index contributed by atoms with van der Waals surface area (Å²) in [5.41, 5.74) is 1.63. The smallest absolute Gasteiger partial charge is 0.133 e. The van der Waals surface area contributed by atoms with Crippen LogP contribution in [0.2, 0.25) is 5.02 Å². The Hall–Kier alpha value is -1.54. The molecule has 0 unspecified atom stereocenters. The first-order valence-electron chi connectivity index (χ1n) is 4.17. The van der Waals surface area contributed by atoms with Crippen LogP contribution < -0.4 is 0 Å². The molecule has 0 fully saturated rings. The number of benzene rings is 1. The average Bonchev–Trinajstić information content (AvgIpc) is 2.20. The van der Waals surface area contributed by atoms with E-state index >= 15 is 0 Å². The summed E-state index contributed by atoms with van der Waals surface area (Å²) >= 11 is 6.00. The van der Waals surface area contributed by atoms with Gasteiger partial charge in [-0.2, -0.15) is 0 Å². The lowest BCUT2D eigenvalue weighted by Gasteiger charge is -2.02. The van der Waals surface area contributed by atoms with Gasteiger partial charge in [-0.05, 0) is 18.2 Å². The van der Waals surface area contributed by atoms with E-state index in [0.29, 0.717) is 5.02 Å². The molecule has 0 saturated heterocycles. The minimum atomic E-state index is 0.154. The van der Waals surface area contributed by atoms with Crippen LogP contribution in [0.1, 0.15) is 0 Å². The van der Waals surface area contributed by atoms with Crippen molar-refractivity contribution in [1.82, 2.24) is 4.98 Å². The molecule has 1 heterocycles. The lowest BCUT2D eigenvalue weighted by atomic mass is 10.1. The summed E-state index contributed by atoms with van der Waals surface area (Å²) in [5.74, 6) is 0.154. The van der Waals surface area contributed by atoms with E-state index in [4.69, 9.17) is 16.7 Å². The maximum Gasteiger partial charge on any atom is 0.133 e. The monoisotopic (exact) mass is 205 g/mol. The molecule has 1 aromatic carbocycles. The predicted octanol–water partition coefficient (Wildman–Crippen LogP) is 3.11. The van der Waals surface area contributed by atoms with Gasteiger partial charge in [0.2, 0.25) is 0 Å². The highest BCUT2D eigenvalue weighted by Crippen LogP contribution is 2.26. The van der Waals surface area contributed by atoms with E-state index in [-0.39, 0.29) is 5.75 Å². The number of nitrogens with zero attached hydrogens (tertiary/aromatic N) is 1. The quantitative estimate of drug-likeness (QED) is 0.776. The van der Waals surface area contributed by atoms with Crippen molar-refractivity contribution >= 4 is 11.6 Å². The van der Waals surface area contributed by atoms with Gasteiger partial charge in [0.05, 0.1) is 11.9 Å². The Balaban J connectivity index is 2.50. The Bertz CT molecular complexity index is 439. The van der Waals surface area contributed by atoms with Crippen molar-refractivity contribution in [2.24, 2.45) is 0 Å². The van der Waals surface area contributed by atoms with Gasteiger partial charge in [-0.25, -0.2) is 0 Å². The Morgan fingerprint density at radius 3 is 2.50 bits per heavy atom. The molecule has 0 atom stereocenters. The third-order valence-corrected chi connectivity index (χ3v) is 2.23. The van der Waals surface area contributed by atoms with Gasteiger partial charge >= 0.3 is 0 Å². The fourth-order valence-electron chi connectivity index (χ4n) is 1.21. The third kappa shape index (κ3) is 1.70. The van der Waals surface area contributed by atoms with E-state index in [1.54, 1.807) is 12.1 Å². The van der Waals surface area contributed by atoms with Crippen molar-refractivity contribution in [3.05, 3.63) is 47.6 Å². The molecule has 2 rings (SSSR count). The van der Waals surface area contributed by atoms with Gasteiger partial charge in [0.1, 0.15) is 5.75 Å². The lowest BCUT2D eigenvalue weighted by Crippen LogP contribution is -1.82. The fourth-order valence-corrected chi connectivity index (χ4v) is 1.45. The third-order valence-electron chi connectivity index (χ3n) is 1.90. The molecular weight excluding hydrogens is 198 g/mol. The Labute approximate surface area is 86.8 Å². The minimum absolute atomic E-state index is 0.154. The molecule has 14 heavy (non-hydrogen) atoms. The molecule has 2 nitrogen and oxygen atoms in total. The molecule has 0 aliphatic carbocycles. The summed E-state index contributed by atoms with van der Waals surface area (Å²) < 4.78 is 0. The summed E-state index contributed by atoms with van der Waals surface area (Å²) in [6, 6.07) is 10.8. The average molecular weight is 206 g/mol. The Morgan fingerprint density at radius 1 is 1.07 bits per heavy atom. The van der Waals surface area contributed by atoms with Crippen LogP contribution in [0.3, 0.4) is 0 Å². The normalized spacial score (nSPS) is 10.1. The molecule has 0 saturated carbocycles. The molecular formula is C11H8ClNO. The summed E-state index contributed by atoms with van der Waals surface area (Å²) in [6.07, 6.45) is 1.40. The molecule has 0 aliphatic rings. The lowest BCUT2D eigenvalue weighted by molar-refractivity contribution is 0.473. The maximum atomic E-state index is 9.08. The van der Waals surface area contributed by atoms with Crippen LogP contribution in [-0.4, -0.2) is 10.1 Å². The zero-order valence-electron chi connectivity index (χ0n) is 7.31. The van der Waals surface area contributed by atoms with Crippen LogP contribution in [-0.2, 0) is 0 Å². The summed E-state index contributed by atoms with van der Waals surface area (Å²) in [7, 11) is 0. The van der Waals surface area contributed by atoms with Crippen LogP contribution in [0, 0.1) is 0 Å². The SMILES string of the molecule is Oc1ccc(-c2ccccc2Cl)nc1. The highest BCUT2D eigenvalue weighted by molar-refractivity contribution is 6.33. The van der Waals surface area contributed by atoms with Gasteiger partial charge in [-0.15, -0.1) is 0 Å². The fraction of sp³-hybridized carbons (Fsp3) is 0. The topological polar surface area (TPSA) is 33.1 Å². The number of pyridine rings is 1. The molecule has 0 bridgehead atoms. The van der Waals surface area contributed by atoms with Crippen molar-refractivity contribution in [2.45, 2.75) is 0 Å². The van der Waals surface area contributed by atoms with Crippen LogP contribution in [0.25, 0.3) is 11.3 Å². The molecule has 0 aliphatic heterocycles. The molecule has 70 valence electrons. The van der Waals surface area contributed by atoms with Gasteiger partial charge in [-0.1, -0.05) is 29.8 Å². The highest BCUT2D eigenvalue weighted by Gasteiger charge is 2.02. The highest BCUT2D eigenvalue weighted by atomic mass is 35.5. The van der Waals surface area contributed by atoms with Gasteiger partial charge < -0.3 is 5.11 Å². The molecule has 0 spiro atoms. The van der Waals surface area contributed by atoms with E-state index in [1.165, 1.54) is 6.20 Å². The number of rotatable bonds is 1. The van der Waals surface area contributed by atoms with Gasteiger partial charge in [0, 0.05) is 10.6 Å². The van der Waals surface area contributed by atoms with Crippen LogP contribution in [0.15, 0.2) is 42.6 Å². The van der Waals surface area contributed by atoms with Crippen LogP contribution >= 0.6 is 11.6 Å². The van der Waals surface area contributed by atoms with E-state index in [2.05, 4.69) is 4.98 Å². The standard InChI is InChI=1S/C11H8ClNO/c12-10-4-2-1-3-9(10)11-6-5-8(14)7-13-11/h1-7,14H. The summed E-state index contributed by atoms with van der Waals surface area (Å²) in [5, 5.41) is 9.74. The maximum absolute atomic E-state index is 9.08. The molecule has 1 N–H and O–H groups in total. The van der Waals surface area contributed by atoms with Crippen molar-refractivity contribution < 1.29 is 5.11 Å². The van der Waals surface area contributed by atoms with Crippen molar-refractivity contribution in [2.75, 3.05) is 0 Å². The van der Waals surface area contributed by atoms with Crippen LogP contribution in [0.4, 0.5) is 0 Å². The van der Waals surface area contributed by atoms with Crippen molar-refractivity contribution in [3.8, 4) is 17.0 Å². The summed E-state index contributed by atoms with van der Waals surface area (Å²) in [4.78, 5) is 4.07. The number of aromatic nitrogens is 1. The minimum Gasteiger partial charge on any atom is -0.506 e. The first kappa shape index (κ1) is 9.03. The van der Waals surface area contributed by atoms with E-state index in [0.717, 1.165) is 11.3 Å². The second kappa shape index (κ2) is 3.68. The largest absolute Gasteiger partial charge is 0.506 e. The van der Waals surface area contributed by atoms with Crippen LogP contribution in [0.5, 0.6) is 5.75 Å². The first-order valence-corrected chi connectivity index (χ1v) is 4.55. The Morgan fingerprint density at radius 2 is 1.86 bits per heavy atom. The number of hydrogen-bond acceptors (Lipinski definition) is 2. The van der Waals surface area contributed by atoms with Gasteiger partial charge in [0.25, 0.3) is 0 Å². The zero-order chi connectivity index (χ0) is 9.97. The van der Waals surface area contributed by atoms with E-state index < -0.39 is 0 Å². The molecule has 0 amide bonds. The molecule has 1 aromatic heterocycles. The van der Waals surface area contributed by atoms with Crippen molar-refractivity contribution in [3.63, 3.8) is 0 Å². The number of aromatic hydroxyl groups is 1. The molecule has 0 radical (unpaired) electrons. The number of halogens is 1. The van der Waals surface area contributed by atoms with Gasteiger partial charge in [-0.3, -0.25) is 4.98 Å². The number of hydrogen-bond donors (Lipinski definition) is 1. The Kier molecular flexibility index (Phi) is 2.37. The zero-order valence-corrected chi connectivity index (χ0v) is 8.07. The van der Waals surface area contributed by atoms with Crippen molar-refractivity contribution in [1.29, 1.82) is 0 Å². The predicted molar refractivity (Wildman–Crippen MR) is 56.3 cm³/mol. The van der Waals surface area contributed by atoms with Gasteiger partial charge in [0.15, 0.2) is 0 Å². The molecule has 2 aromatic rings. The van der Waals surface area contributed by atoms with E-state index in [9.17, 15) is 0 Å².